The fourth-order valence-corrected chi connectivity index (χ4v) is 2.79. The summed E-state index contributed by atoms with van der Waals surface area (Å²) in [6, 6.07) is 6.15. The van der Waals surface area contributed by atoms with Crippen LogP contribution in [0.15, 0.2) is 24.3 Å². The number of halogens is 1. The quantitative estimate of drug-likeness (QED) is 0.809. The van der Waals surface area contributed by atoms with E-state index < -0.39 is 17.7 Å². The summed E-state index contributed by atoms with van der Waals surface area (Å²) in [6.45, 7) is 2.17. The highest BCUT2D eigenvalue weighted by atomic mass is 19.1. The minimum atomic E-state index is -0.838. The third-order valence-electron chi connectivity index (χ3n) is 4.24. The minimum absolute atomic E-state index is 0.149. The molecule has 23 heavy (non-hydrogen) atoms. The highest BCUT2D eigenvalue weighted by Gasteiger charge is 2.33. The summed E-state index contributed by atoms with van der Waals surface area (Å²) >= 11 is 0. The summed E-state index contributed by atoms with van der Waals surface area (Å²) < 4.78 is 19.2. The largest absolute Gasteiger partial charge is 0.486 e. The van der Waals surface area contributed by atoms with Crippen LogP contribution in [0.3, 0.4) is 0 Å². The summed E-state index contributed by atoms with van der Waals surface area (Å²) in [4.78, 5) is 23.0. The molecule has 1 aromatic carbocycles. The van der Waals surface area contributed by atoms with Crippen molar-refractivity contribution in [3.8, 4) is 5.75 Å². The predicted octanol–water partition coefficient (Wildman–Crippen LogP) is 2.60. The Kier molecular flexibility index (Phi) is 5.96. The number of carboxylic acids is 1. The van der Waals surface area contributed by atoms with Crippen LogP contribution in [0.2, 0.25) is 0 Å². The molecule has 0 bridgehead atoms. The molecule has 2 rings (SSSR count). The van der Waals surface area contributed by atoms with Gasteiger partial charge < -0.3 is 15.2 Å². The maximum atomic E-state index is 13.6. The zero-order valence-electron chi connectivity index (χ0n) is 13.1. The second-order valence-electron chi connectivity index (χ2n) is 5.87. The van der Waals surface area contributed by atoms with Gasteiger partial charge in [0.05, 0.1) is 12.5 Å². The van der Waals surface area contributed by atoms with Gasteiger partial charge in [-0.25, -0.2) is 4.39 Å². The molecule has 1 amide bonds. The van der Waals surface area contributed by atoms with Crippen LogP contribution in [0.4, 0.5) is 4.39 Å². The topological polar surface area (TPSA) is 75.6 Å². The summed E-state index contributed by atoms with van der Waals surface area (Å²) in [7, 11) is 0. The molecule has 0 radical (unpaired) electrons. The lowest BCUT2D eigenvalue weighted by molar-refractivity contribution is -0.141. The van der Waals surface area contributed by atoms with E-state index in [-0.39, 0.29) is 30.2 Å². The molecule has 1 unspecified atom stereocenters. The number of hydrogen-bond acceptors (Lipinski definition) is 3. The van der Waals surface area contributed by atoms with Crippen molar-refractivity contribution < 1.29 is 23.8 Å². The van der Waals surface area contributed by atoms with Crippen LogP contribution in [0.1, 0.15) is 32.6 Å². The van der Waals surface area contributed by atoms with Gasteiger partial charge in [0.2, 0.25) is 5.91 Å². The van der Waals surface area contributed by atoms with Crippen LogP contribution in [0.25, 0.3) is 0 Å². The monoisotopic (exact) mass is 323 g/mol. The van der Waals surface area contributed by atoms with E-state index in [4.69, 9.17) is 9.84 Å². The number of aliphatic carboxylic acids is 1. The van der Waals surface area contributed by atoms with Gasteiger partial charge in [-0.05, 0) is 37.8 Å². The Morgan fingerprint density at radius 2 is 2.04 bits per heavy atom. The van der Waals surface area contributed by atoms with Crippen molar-refractivity contribution in [3.05, 3.63) is 30.1 Å². The molecule has 0 aliphatic heterocycles. The number of hydrogen-bond donors (Lipinski definition) is 2. The summed E-state index contributed by atoms with van der Waals surface area (Å²) in [5.41, 5.74) is 0. The van der Waals surface area contributed by atoms with Gasteiger partial charge >= 0.3 is 5.97 Å². The highest BCUT2D eigenvalue weighted by Crippen LogP contribution is 2.31. The first kappa shape index (κ1) is 17.2. The molecule has 1 aromatic rings. The maximum Gasteiger partial charge on any atom is 0.306 e. The van der Waals surface area contributed by atoms with Crippen molar-refractivity contribution in [2.45, 2.75) is 38.7 Å². The molecule has 0 aromatic heterocycles. The molecule has 0 heterocycles. The van der Waals surface area contributed by atoms with E-state index in [0.29, 0.717) is 25.7 Å². The number of benzene rings is 1. The molecule has 126 valence electrons. The van der Waals surface area contributed by atoms with Crippen LogP contribution in [-0.4, -0.2) is 29.6 Å². The number of rotatable bonds is 7. The normalized spacial score (nSPS) is 21.7. The van der Waals surface area contributed by atoms with Gasteiger partial charge in [-0.15, -0.1) is 0 Å². The Morgan fingerprint density at radius 1 is 1.35 bits per heavy atom. The van der Waals surface area contributed by atoms with E-state index in [1.165, 1.54) is 6.07 Å². The standard InChI is InChI=1S/C17H22FNO4/c1-2-13(23-15-6-4-3-5-14(15)18)10-19-16(20)11-7-8-12(9-11)17(21)22/h3-6,11-13H,2,7-10H2,1H3,(H,19,20)(H,21,22)/t11-,12+,13?/m1/s1. The Hall–Kier alpha value is -2.11. The molecule has 0 spiro atoms. The molecule has 1 saturated carbocycles. The lowest BCUT2D eigenvalue weighted by Crippen LogP contribution is -2.38. The van der Waals surface area contributed by atoms with E-state index in [0.717, 1.165) is 0 Å². The predicted molar refractivity (Wildman–Crippen MR) is 82.6 cm³/mol. The van der Waals surface area contributed by atoms with Crippen molar-refractivity contribution in [1.82, 2.24) is 5.32 Å². The van der Waals surface area contributed by atoms with Crippen molar-refractivity contribution in [2.24, 2.45) is 11.8 Å². The summed E-state index contributed by atoms with van der Waals surface area (Å²) in [5.74, 6) is -1.94. The van der Waals surface area contributed by atoms with Crippen molar-refractivity contribution in [1.29, 1.82) is 0 Å². The van der Waals surface area contributed by atoms with E-state index in [1.807, 2.05) is 6.92 Å². The van der Waals surface area contributed by atoms with Gasteiger partial charge in [-0.3, -0.25) is 9.59 Å². The van der Waals surface area contributed by atoms with Crippen LogP contribution >= 0.6 is 0 Å². The molecule has 5 nitrogen and oxygen atoms in total. The maximum absolute atomic E-state index is 13.6. The van der Waals surface area contributed by atoms with Crippen LogP contribution in [-0.2, 0) is 9.59 Å². The molecular weight excluding hydrogens is 301 g/mol. The number of carboxylic acid groups (broad SMARTS) is 1. The molecule has 2 N–H and O–H groups in total. The molecule has 6 heteroatoms. The zero-order valence-corrected chi connectivity index (χ0v) is 13.1. The Morgan fingerprint density at radius 3 is 2.65 bits per heavy atom. The van der Waals surface area contributed by atoms with E-state index in [2.05, 4.69) is 5.32 Å². The Bertz CT molecular complexity index is 563. The Balaban J connectivity index is 1.82. The second kappa shape index (κ2) is 7.94. The zero-order chi connectivity index (χ0) is 16.8. The second-order valence-corrected chi connectivity index (χ2v) is 5.87. The van der Waals surface area contributed by atoms with Gasteiger partial charge in [0.15, 0.2) is 11.6 Å². The van der Waals surface area contributed by atoms with E-state index in [9.17, 15) is 14.0 Å². The molecule has 1 aliphatic rings. The van der Waals surface area contributed by atoms with Crippen molar-refractivity contribution in [2.75, 3.05) is 6.54 Å². The Labute approximate surface area is 134 Å². The van der Waals surface area contributed by atoms with Crippen molar-refractivity contribution >= 4 is 11.9 Å². The van der Waals surface area contributed by atoms with Crippen LogP contribution in [0.5, 0.6) is 5.75 Å². The third-order valence-corrected chi connectivity index (χ3v) is 4.24. The first-order valence-corrected chi connectivity index (χ1v) is 7.93. The molecule has 3 atom stereocenters. The first-order valence-electron chi connectivity index (χ1n) is 7.93. The molecule has 1 aliphatic carbocycles. The fraction of sp³-hybridized carbons (Fsp3) is 0.529. The average Bonchev–Trinajstić information content (AvgIpc) is 3.03. The summed E-state index contributed by atoms with van der Waals surface area (Å²) in [5, 5.41) is 11.8. The van der Waals surface area contributed by atoms with Gasteiger partial charge in [-0.1, -0.05) is 19.1 Å². The van der Waals surface area contributed by atoms with Gasteiger partial charge in [0, 0.05) is 5.92 Å². The smallest absolute Gasteiger partial charge is 0.306 e. The number of nitrogens with one attached hydrogen (secondary N) is 1. The lowest BCUT2D eigenvalue weighted by atomic mass is 10.0. The van der Waals surface area contributed by atoms with E-state index >= 15 is 0 Å². The number of amides is 1. The van der Waals surface area contributed by atoms with Gasteiger partial charge in [0.1, 0.15) is 6.10 Å². The van der Waals surface area contributed by atoms with Gasteiger partial charge in [-0.2, -0.15) is 0 Å². The van der Waals surface area contributed by atoms with Gasteiger partial charge in [0.25, 0.3) is 0 Å². The first-order chi connectivity index (χ1) is 11.0. The number of ether oxygens (including phenoxy) is 1. The van der Waals surface area contributed by atoms with Crippen LogP contribution in [0, 0.1) is 17.7 Å². The third kappa shape index (κ3) is 4.68. The number of carbonyl (C=O) groups excluding carboxylic acids is 1. The molecule has 1 fully saturated rings. The lowest BCUT2D eigenvalue weighted by Gasteiger charge is -2.19. The highest BCUT2D eigenvalue weighted by molar-refractivity contribution is 5.80. The fourth-order valence-electron chi connectivity index (χ4n) is 2.79. The molecule has 0 saturated heterocycles. The van der Waals surface area contributed by atoms with Crippen molar-refractivity contribution in [3.63, 3.8) is 0 Å². The summed E-state index contributed by atoms with van der Waals surface area (Å²) in [6.07, 6.45) is 1.81. The molecular formula is C17H22FNO4. The minimum Gasteiger partial charge on any atom is -0.486 e. The SMILES string of the molecule is CCC(CNC(=O)[C@@H]1CC[C@H](C(=O)O)C1)Oc1ccccc1F. The average molecular weight is 323 g/mol. The van der Waals surface area contributed by atoms with Crippen LogP contribution < -0.4 is 10.1 Å². The number of carbonyl (C=O) groups is 2. The van der Waals surface area contributed by atoms with E-state index in [1.54, 1.807) is 18.2 Å². The number of para-hydroxylation sites is 1.